The summed E-state index contributed by atoms with van der Waals surface area (Å²) in [5, 5.41) is 6.27. The summed E-state index contributed by atoms with van der Waals surface area (Å²) in [7, 11) is 0. The highest BCUT2D eigenvalue weighted by molar-refractivity contribution is 5.85. The summed E-state index contributed by atoms with van der Waals surface area (Å²) in [6.45, 7) is 43.9. The van der Waals surface area contributed by atoms with Gasteiger partial charge >= 0.3 is 0 Å². The van der Waals surface area contributed by atoms with Crippen molar-refractivity contribution in [2.24, 2.45) is 0 Å². The van der Waals surface area contributed by atoms with E-state index in [-0.39, 0.29) is 32.5 Å². The van der Waals surface area contributed by atoms with Gasteiger partial charge in [-0.3, -0.25) is 29.9 Å². The monoisotopic (exact) mass is 1170 g/mol. The highest BCUT2D eigenvalue weighted by atomic mass is 14.8. The number of aromatic nitrogens is 9. The number of para-hydroxylation sites is 1. The molecule has 88 heavy (non-hydrogen) atoms. The highest BCUT2D eigenvalue weighted by Gasteiger charge is 2.19. The first-order valence-corrected chi connectivity index (χ1v) is 30.8. The lowest BCUT2D eigenvalue weighted by Gasteiger charge is -2.20. The first-order chi connectivity index (χ1) is 41.3. The lowest BCUT2D eigenvalue weighted by molar-refractivity contribution is 0.565. The van der Waals surface area contributed by atoms with Gasteiger partial charge in [-0.05, 0) is 127 Å². The summed E-state index contributed by atoms with van der Waals surface area (Å²) in [6.07, 6.45) is 19.9. The predicted molar refractivity (Wildman–Crippen MR) is 376 cm³/mol. The van der Waals surface area contributed by atoms with Gasteiger partial charge in [0.05, 0.1) is 27.8 Å². The predicted octanol–water partition coefficient (Wildman–Crippen LogP) is 21.0. The van der Waals surface area contributed by atoms with Crippen molar-refractivity contribution in [2.45, 2.75) is 177 Å². The molecular formula is C79H97N9. The van der Waals surface area contributed by atoms with Gasteiger partial charge in [0.15, 0.2) is 0 Å². The molecule has 12 aromatic rings. The number of rotatable bonds is 1. The lowest BCUT2D eigenvalue weighted by atomic mass is 9.85. The molecule has 0 amide bonds. The lowest BCUT2D eigenvalue weighted by Crippen LogP contribution is -2.13. The summed E-state index contributed by atoms with van der Waals surface area (Å²) in [4.78, 5) is 36.7. The molecule has 0 aliphatic heterocycles. The average Bonchev–Trinajstić information content (AvgIpc) is 1.91. The van der Waals surface area contributed by atoms with Crippen LogP contribution in [0.2, 0.25) is 0 Å². The van der Waals surface area contributed by atoms with Gasteiger partial charge in [-0.1, -0.05) is 223 Å². The fourth-order valence-electron chi connectivity index (χ4n) is 9.53. The molecule has 0 spiro atoms. The highest BCUT2D eigenvalue weighted by Crippen LogP contribution is 2.31. The van der Waals surface area contributed by atoms with E-state index in [4.69, 9.17) is 0 Å². The van der Waals surface area contributed by atoms with Crippen LogP contribution in [-0.2, 0) is 32.5 Å². The van der Waals surface area contributed by atoms with Gasteiger partial charge in [-0.15, -0.1) is 0 Å². The zero-order chi connectivity index (χ0) is 64.5. The molecule has 0 radical (unpaired) electrons. The number of hydrogen-bond acceptors (Lipinski definition) is 8. The molecule has 0 fully saturated rings. The minimum absolute atomic E-state index is 0.119. The third-order valence-electron chi connectivity index (χ3n) is 14.8. The maximum atomic E-state index is 4.45. The third kappa shape index (κ3) is 20.3. The van der Waals surface area contributed by atoms with E-state index in [0.717, 1.165) is 27.8 Å². The largest absolute Gasteiger partial charge is 0.361 e. The molecule has 1 N–H and O–H groups in total. The fraction of sp³-hybridized carbons (Fsp3) is 0.342. The maximum Gasteiger partial charge on any atom is 0.115 e. The van der Waals surface area contributed by atoms with Gasteiger partial charge in [-0.25, -0.2) is 9.97 Å². The van der Waals surface area contributed by atoms with Crippen LogP contribution in [0.3, 0.4) is 0 Å². The van der Waals surface area contributed by atoms with Crippen molar-refractivity contribution in [2.75, 3.05) is 0 Å². The Labute approximate surface area is 526 Å². The van der Waals surface area contributed by atoms with Crippen LogP contribution in [0.5, 0.6) is 0 Å². The Morgan fingerprint density at radius 1 is 0.341 bits per heavy atom. The van der Waals surface area contributed by atoms with Crippen LogP contribution < -0.4 is 0 Å². The smallest absolute Gasteiger partial charge is 0.115 e. The molecule has 7 heterocycles. The van der Waals surface area contributed by atoms with Gasteiger partial charge in [0.2, 0.25) is 0 Å². The Balaban J connectivity index is 0.000000164. The van der Waals surface area contributed by atoms with E-state index in [0.29, 0.717) is 5.92 Å². The van der Waals surface area contributed by atoms with Crippen molar-refractivity contribution in [3.05, 3.63) is 253 Å². The van der Waals surface area contributed by atoms with Crippen LogP contribution in [0.1, 0.15) is 183 Å². The summed E-state index contributed by atoms with van der Waals surface area (Å²) in [6, 6.07) is 50.6. The summed E-state index contributed by atoms with van der Waals surface area (Å²) < 4.78 is 0. The normalized spacial score (nSPS) is 11.7. The summed E-state index contributed by atoms with van der Waals surface area (Å²) >= 11 is 0. The van der Waals surface area contributed by atoms with Crippen molar-refractivity contribution < 1.29 is 0 Å². The molecule has 0 bridgehead atoms. The zero-order valence-electron chi connectivity index (χ0n) is 56.4. The fourth-order valence-corrected chi connectivity index (χ4v) is 9.53. The van der Waals surface area contributed by atoms with E-state index >= 15 is 0 Å². The van der Waals surface area contributed by atoms with E-state index in [1.165, 1.54) is 65.8 Å². The number of nitrogens with one attached hydrogen (secondary N) is 1. The Bertz CT molecular complexity index is 3910. The minimum atomic E-state index is 0.119. The first kappa shape index (κ1) is 68.6. The van der Waals surface area contributed by atoms with Gasteiger partial charge in [0.25, 0.3) is 0 Å². The van der Waals surface area contributed by atoms with Crippen LogP contribution >= 0.6 is 0 Å². The molecule has 9 nitrogen and oxygen atoms in total. The molecule has 0 unspecified atom stereocenters. The summed E-state index contributed by atoms with van der Waals surface area (Å²) in [5.41, 5.74) is 15.7. The van der Waals surface area contributed by atoms with E-state index in [9.17, 15) is 0 Å². The second-order valence-corrected chi connectivity index (χ2v) is 28.7. The number of benzene rings is 5. The number of nitrogens with zero attached hydrogens (tertiary/aromatic N) is 8. The first-order valence-electron chi connectivity index (χ1n) is 30.8. The second kappa shape index (κ2) is 29.9. The van der Waals surface area contributed by atoms with E-state index in [1.54, 1.807) is 24.9 Å². The number of fused-ring (bicyclic) bond motifs is 5. The van der Waals surface area contributed by atoms with E-state index in [1.807, 2.05) is 67.6 Å². The number of aromatic amines is 1. The van der Waals surface area contributed by atoms with Crippen molar-refractivity contribution in [1.82, 2.24) is 44.9 Å². The average molecular weight is 1170 g/mol. The van der Waals surface area contributed by atoms with Crippen molar-refractivity contribution >= 4 is 54.5 Å². The van der Waals surface area contributed by atoms with Crippen molar-refractivity contribution in [1.29, 1.82) is 0 Å². The minimum Gasteiger partial charge on any atom is -0.361 e. The number of H-pyrrole nitrogens is 1. The van der Waals surface area contributed by atoms with Gasteiger partial charge in [0.1, 0.15) is 6.33 Å². The summed E-state index contributed by atoms with van der Waals surface area (Å²) in [5.74, 6) is 0.563. The molecule has 0 aliphatic carbocycles. The zero-order valence-corrected chi connectivity index (χ0v) is 56.4. The molecule has 12 rings (SSSR count). The van der Waals surface area contributed by atoms with Crippen molar-refractivity contribution in [3.8, 4) is 0 Å². The Morgan fingerprint density at radius 2 is 0.875 bits per heavy atom. The van der Waals surface area contributed by atoms with E-state index < -0.39 is 0 Å². The number of hydrogen-bond donors (Lipinski definition) is 1. The standard InChI is InChI=1S/3C13H15N.C12H15N.C12H13N.2C8H12N2/c1-13(2,3)11-8-4-6-10-7-5-9-14-12(10)11;1-13(2,3)11-6-7-12-10(9-11)5-4-8-14-12;1-13(2,3)11-7-6-10-5-4-8-14-12(10)9-11;1-12(2,3)10-5-4-6-11-9(10)7-8-13-11;1-9(2)10-5-3-7-12-11(10)6-4-8-13-12;1-8(2,3)7-4-9-6-10-5-7;1-8(2,3)7-6-9-4-5-10-7/h3*4-9H,1-3H3;4-8,13H,1-3H3;3-9H,1-2H3;2*4-6H,1-3H3. The molecule has 0 saturated carbocycles. The third-order valence-corrected chi connectivity index (χ3v) is 14.8. The molecule has 458 valence electrons. The van der Waals surface area contributed by atoms with Crippen LogP contribution in [-0.4, -0.2) is 44.9 Å². The molecule has 0 saturated heterocycles. The molecule has 7 aromatic heterocycles. The number of pyridine rings is 4. The van der Waals surface area contributed by atoms with Crippen LogP contribution in [0.25, 0.3) is 54.5 Å². The van der Waals surface area contributed by atoms with Crippen LogP contribution in [0, 0.1) is 0 Å². The quantitative estimate of drug-likeness (QED) is 0.173. The van der Waals surface area contributed by atoms with Crippen molar-refractivity contribution in [3.63, 3.8) is 0 Å². The molecular weight excluding hydrogens is 1070 g/mol. The van der Waals surface area contributed by atoms with Gasteiger partial charge < -0.3 is 4.98 Å². The van der Waals surface area contributed by atoms with Crippen LogP contribution in [0.4, 0.5) is 0 Å². The molecule has 0 atom stereocenters. The Hall–Kier alpha value is -8.56. The topological polar surface area (TPSA) is 119 Å². The van der Waals surface area contributed by atoms with E-state index in [2.05, 4.69) is 305 Å². The maximum absolute atomic E-state index is 4.45. The van der Waals surface area contributed by atoms with Gasteiger partial charge in [0, 0.05) is 99.8 Å². The molecule has 5 aromatic carbocycles. The Morgan fingerprint density at radius 3 is 1.45 bits per heavy atom. The van der Waals surface area contributed by atoms with Gasteiger partial charge in [-0.2, -0.15) is 0 Å². The second-order valence-electron chi connectivity index (χ2n) is 28.7. The molecule has 9 heteroatoms. The molecule has 0 aliphatic rings. The SMILES string of the molecule is CC(C)(C)c1ccc2cccnc2c1.CC(C)(C)c1ccc2ncccc2c1.CC(C)(C)c1cccc2[nH]ccc12.CC(C)(C)c1cccc2cccnc12.CC(C)(C)c1cnccn1.CC(C)(C)c1cncnc1.CC(C)c1cccc2ncccc12. The Kier molecular flexibility index (Phi) is 23.3. The van der Waals surface area contributed by atoms with Crippen LogP contribution in [0.15, 0.2) is 214 Å².